The number of hydrogen-bond acceptors (Lipinski definition) is 4. The van der Waals surface area contributed by atoms with E-state index >= 15 is 0 Å². The van der Waals surface area contributed by atoms with Crippen LogP contribution in [0.5, 0.6) is 0 Å². The molecule has 0 rings (SSSR count). The van der Waals surface area contributed by atoms with Crippen LogP contribution in [-0.2, 0) is 4.79 Å². The summed E-state index contributed by atoms with van der Waals surface area (Å²) in [6.07, 6.45) is 17.0. The maximum absolute atomic E-state index is 10.3. The highest BCUT2D eigenvalue weighted by Gasteiger charge is 2.02. The number of hydrogen-bond donors (Lipinski definition) is 4. The zero-order chi connectivity index (χ0) is 18.9. The molecular weight excluding hydrogens is 320 g/mol. The van der Waals surface area contributed by atoms with Gasteiger partial charge in [0, 0.05) is 6.08 Å². The fourth-order valence-electron chi connectivity index (χ4n) is 2.24. The summed E-state index contributed by atoms with van der Waals surface area (Å²) in [6.45, 7) is 2.16. The average Bonchev–Trinajstić information content (AvgIpc) is 2.56. The molecule has 0 amide bonds. The minimum atomic E-state index is -1.12. The molecule has 0 saturated heterocycles. The van der Waals surface area contributed by atoms with Gasteiger partial charge in [0.2, 0.25) is 0 Å². The second kappa shape index (κ2) is 15.5. The van der Waals surface area contributed by atoms with Gasteiger partial charge in [0.1, 0.15) is 0 Å². The zero-order valence-corrected chi connectivity index (χ0v) is 15.1. The monoisotopic (exact) mass is 352 g/mol. The summed E-state index contributed by atoms with van der Waals surface area (Å²) in [7, 11) is 0. The van der Waals surface area contributed by atoms with Gasteiger partial charge >= 0.3 is 5.97 Å². The molecule has 25 heavy (non-hydrogen) atoms. The number of aliphatic carboxylic acids is 1. The highest BCUT2D eigenvalue weighted by Crippen LogP contribution is 2.12. The number of rotatable bonds is 14. The van der Waals surface area contributed by atoms with Gasteiger partial charge in [-0.1, -0.05) is 57.3 Å². The van der Waals surface area contributed by atoms with E-state index in [4.69, 9.17) is 5.11 Å². The summed E-state index contributed by atoms with van der Waals surface area (Å²) in [4.78, 5) is 10.3. The molecule has 0 aliphatic rings. The van der Waals surface area contributed by atoms with Crippen molar-refractivity contribution >= 4 is 5.97 Å². The summed E-state index contributed by atoms with van der Waals surface area (Å²) >= 11 is 0. The van der Waals surface area contributed by atoms with Crippen LogP contribution in [0.3, 0.4) is 0 Å². The molecule has 0 heterocycles. The highest BCUT2D eigenvalue weighted by atomic mass is 16.4. The smallest absolute Gasteiger partial charge is 0.328 e. The second-order valence-electron chi connectivity index (χ2n) is 6.02. The molecule has 0 aliphatic heterocycles. The van der Waals surface area contributed by atoms with Crippen molar-refractivity contribution in [3.63, 3.8) is 0 Å². The molecule has 5 nitrogen and oxygen atoms in total. The van der Waals surface area contributed by atoms with E-state index in [0.29, 0.717) is 0 Å². The summed E-state index contributed by atoms with van der Waals surface area (Å²) in [5.41, 5.74) is 0. The fraction of sp³-hybridized carbons (Fsp3) is 0.550. The predicted molar refractivity (Wildman–Crippen MR) is 101 cm³/mol. The first kappa shape index (κ1) is 23.0. The molecule has 5 heteroatoms. The maximum Gasteiger partial charge on any atom is 0.328 e. The van der Waals surface area contributed by atoms with Crippen molar-refractivity contribution in [2.75, 3.05) is 0 Å². The number of carbonyl (C=O) groups is 1. The first-order valence-corrected chi connectivity index (χ1v) is 9.01. The van der Waals surface area contributed by atoms with Gasteiger partial charge in [-0.3, -0.25) is 0 Å². The van der Waals surface area contributed by atoms with Crippen LogP contribution in [0, 0.1) is 0 Å². The lowest BCUT2D eigenvalue weighted by Crippen LogP contribution is -2.05. The Morgan fingerprint density at radius 3 is 2.08 bits per heavy atom. The lowest BCUT2D eigenvalue weighted by molar-refractivity contribution is -0.131. The number of carboxylic acids is 1. The van der Waals surface area contributed by atoms with E-state index in [1.54, 1.807) is 6.08 Å². The van der Waals surface area contributed by atoms with Gasteiger partial charge in [-0.2, -0.15) is 0 Å². The van der Waals surface area contributed by atoms with Crippen LogP contribution in [0.15, 0.2) is 48.0 Å². The number of unbranched alkanes of at least 4 members (excludes halogenated alkanes) is 5. The third-order valence-corrected chi connectivity index (χ3v) is 3.69. The molecule has 0 bridgehead atoms. The van der Waals surface area contributed by atoms with E-state index in [9.17, 15) is 20.1 Å². The maximum atomic E-state index is 10.3. The topological polar surface area (TPSA) is 98.0 Å². The molecule has 0 fully saturated rings. The predicted octanol–water partition coefficient (Wildman–Crippen LogP) is 4.96. The molecule has 0 aliphatic carbocycles. The second-order valence-corrected chi connectivity index (χ2v) is 6.02. The van der Waals surface area contributed by atoms with Crippen LogP contribution in [-0.4, -0.2) is 32.5 Å². The molecule has 0 unspecified atom stereocenters. The van der Waals surface area contributed by atoms with Crippen molar-refractivity contribution in [1.29, 1.82) is 0 Å². The molecular formula is C20H32O5. The quantitative estimate of drug-likeness (QED) is 0.153. The summed E-state index contributed by atoms with van der Waals surface area (Å²) in [6, 6.07) is 0. The van der Waals surface area contributed by atoms with E-state index in [1.165, 1.54) is 18.9 Å². The van der Waals surface area contributed by atoms with Crippen molar-refractivity contribution in [2.24, 2.45) is 0 Å². The lowest BCUT2D eigenvalue weighted by Gasteiger charge is -2.09. The van der Waals surface area contributed by atoms with Gasteiger partial charge in [-0.05, 0) is 37.8 Å². The van der Waals surface area contributed by atoms with E-state index < -0.39 is 5.97 Å². The van der Waals surface area contributed by atoms with Crippen LogP contribution < -0.4 is 0 Å². The molecule has 0 aromatic heterocycles. The Labute approximate surface area is 150 Å². The normalized spacial score (nSPS) is 14.5. The van der Waals surface area contributed by atoms with Gasteiger partial charge in [-0.25, -0.2) is 4.79 Å². The van der Waals surface area contributed by atoms with Crippen molar-refractivity contribution in [1.82, 2.24) is 0 Å². The lowest BCUT2D eigenvalue weighted by atomic mass is 10.0. The van der Waals surface area contributed by atoms with Crippen molar-refractivity contribution < 1.29 is 25.2 Å². The Bertz CT molecular complexity index is 474. The molecule has 1 atom stereocenters. The summed E-state index contributed by atoms with van der Waals surface area (Å²) < 4.78 is 0. The Hall–Kier alpha value is -2.01. The third kappa shape index (κ3) is 15.3. The first-order valence-electron chi connectivity index (χ1n) is 9.01. The fourth-order valence-corrected chi connectivity index (χ4v) is 2.24. The van der Waals surface area contributed by atoms with Crippen molar-refractivity contribution in [3.8, 4) is 0 Å². The summed E-state index contributed by atoms with van der Waals surface area (Å²) in [5, 5.41) is 37.2. The van der Waals surface area contributed by atoms with Crippen LogP contribution in [0.1, 0.15) is 64.7 Å². The average molecular weight is 352 g/mol. The molecule has 0 aromatic carbocycles. The van der Waals surface area contributed by atoms with Crippen molar-refractivity contribution in [2.45, 2.75) is 70.8 Å². The highest BCUT2D eigenvalue weighted by molar-refractivity contribution is 5.80. The minimum Gasteiger partial charge on any atom is -0.504 e. The van der Waals surface area contributed by atoms with Crippen LogP contribution in [0.2, 0.25) is 0 Å². The van der Waals surface area contributed by atoms with E-state index in [1.807, 2.05) is 6.08 Å². The molecule has 142 valence electrons. The van der Waals surface area contributed by atoms with Crippen LogP contribution in [0.4, 0.5) is 0 Å². The third-order valence-electron chi connectivity index (χ3n) is 3.69. The standard InChI is InChI=1S/C20H32O5/c1-2-3-8-12-17(21)13-9-6-4-5-7-10-14-18(22)19(23)15-11-16-20(24)25/h7,10-11,14-17,21-23H,2-6,8-9,12-13H2,1H3,(H,24,25)/t17-/m1/s1. The largest absolute Gasteiger partial charge is 0.504 e. The van der Waals surface area contributed by atoms with E-state index in [2.05, 4.69) is 6.92 Å². The molecule has 4 N–H and O–H groups in total. The van der Waals surface area contributed by atoms with E-state index in [-0.39, 0.29) is 17.6 Å². The van der Waals surface area contributed by atoms with Crippen LogP contribution in [0.25, 0.3) is 0 Å². The Kier molecular flexibility index (Phi) is 14.3. The van der Waals surface area contributed by atoms with Gasteiger partial charge < -0.3 is 20.4 Å². The van der Waals surface area contributed by atoms with Gasteiger partial charge in [0.25, 0.3) is 0 Å². The van der Waals surface area contributed by atoms with Gasteiger partial charge in [0.05, 0.1) is 6.10 Å². The molecule has 0 spiro atoms. The summed E-state index contributed by atoms with van der Waals surface area (Å²) in [5.74, 6) is -1.83. The van der Waals surface area contributed by atoms with Crippen molar-refractivity contribution in [3.05, 3.63) is 48.0 Å². The number of aliphatic hydroxyl groups is 3. The molecule has 0 radical (unpaired) electrons. The molecule has 0 aromatic rings. The Morgan fingerprint density at radius 1 is 0.880 bits per heavy atom. The molecule has 0 saturated carbocycles. The zero-order valence-electron chi connectivity index (χ0n) is 15.1. The number of allylic oxidation sites excluding steroid dienone is 5. The number of aliphatic hydroxyl groups excluding tert-OH is 3. The first-order chi connectivity index (χ1) is 12.0. The Balaban J connectivity index is 3.85. The Morgan fingerprint density at radius 2 is 1.48 bits per heavy atom. The number of carboxylic acid groups (broad SMARTS) is 1. The van der Waals surface area contributed by atoms with E-state index in [0.717, 1.165) is 63.2 Å². The van der Waals surface area contributed by atoms with Gasteiger partial charge in [0.15, 0.2) is 11.5 Å². The van der Waals surface area contributed by atoms with Crippen LogP contribution >= 0.6 is 0 Å². The van der Waals surface area contributed by atoms with Gasteiger partial charge in [-0.15, -0.1) is 0 Å². The SMILES string of the molecule is CCCCC[C@@H](O)CCCCCC=CC=C(O)C(O)=CC=CC(=O)O. The minimum absolute atomic E-state index is 0.174.